The molecule has 10 heteroatoms. The van der Waals surface area contributed by atoms with Crippen LogP contribution in [0.4, 0.5) is 17.6 Å². The zero-order chi connectivity index (χ0) is 21.9. The minimum Gasteiger partial charge on any atom is -0.298 e. The highest BCUT2D eigenvalue weighted by molar-refractivity contribution is 9.10. The standard InChI is InChI=1S/C20H16BrF4N3O2/c21-18-26-28(19(30)27(18)11-14-6-2-4-8-17(14)22)12-15(29)10-9-13-5-1-3-7-16(13)20(23,24)25/h1-8H,9-12H2. The molecule has 0 amide bonds. The van der Waals surface area contributed by atoms with E-state index >= 15 is 0 Å². The van der Waals surface area contributed by atoms with Crippen molar-refractivity contribution in [3.8, 4) is 0 Å². The number of aryl methyl sites for hydroxylation is 1. The van der Waals surface area contributed by atoms with Gasteiger partial charge in [0.15, 0.2) is 5.78 Å². The van der Waals surface area contributed by atoms with Crippen LogP contribution >= 0.6 is 15.9 Å². The summed E-state index contributed by atoms with van der Waals surface area (Å²) in [7, 11) is 0. The molecular formula is C20H16BrF4N3O2. The van der Waals surface area contributed by atoms with E-state index in [0.717, 1.165) is 15.3 Å². The summed E-state index contributed by atoms with van der Waals surface area (Å²) >= 11 is 3.12. The number of aromatic nitrogens is 3. The Labute approximate surface area is 177 Å². The number of hydrogen-bond donors (Lipinski definition) is 0. The van der Waals surface area contributed by atoms with Crippen LogP contribution in [0.5, 0.6) is 0 Å². The average molecular weight is 486 g/mol. The lowest BCUT2D eigenvalue weighted by Crippen LogP contribution is -2.28. The van der Waals surface area contributed by atoms with Crippen molar-refractivity contribution in [1.29, 1.82) is 0 Å². The van der Waals surface area contributed by atoms with Crippen molar-refractivity contribution >= 4 is 21.7 Å². The van der Waals surface area contributed by atoms with E-state index in [2.05, 4.69) is 21.0 Å². The number of benzene rings is 2. The van der Waals surface area contributed by atoms with Crippen LogP contribution in [0.2, 0.25) is 0 Å². The molecule has 0 unspecified atom stereocenters. The second-order valence-electron chi connectivity index (χ2n) is 6.58. The first-order valence-electron chi connectivity index (χ1n) is 8.90. The molecule has 0 saturated heterocycles. The molecule has 5 nitrogen and oxygen atoms in total. The highest BCUT2D eigenvalue weighted by Crippen LogP contribution is 2.32. The number of halogens is 5. The van der Waals surface area contributed by atoms with E-state index < -0.39 is 35.6 Å². The van der Waals surface area contributed by atoms with E-state index in [9.17, 15) is 27.2 Å². The Morgan fingerprint density at radius 1 is 1.03 bits per heavy atom. The van der Waals surface area contributed by atoms with Crippen molar-refractivity contribution in [2.45, 2.75) is 32.1 Å². The van der Waals surface area contributed by atoms with Crippen LogP contribution in [0.3, 0.4) is 0 Å². The normalized spacial score (nSPS) is 11.6. The van der Waals surface area contributed by atoms with Gasteiger partial charge in [-0.3, -0.25) is 9.36 Å². The third kappa shape index (κ3) is 5.05. The molecule has 0 bridgehead atoms. The zero-order valence-corrected chi connectivity index (χ0v) is 17.1. The molecule has 0 fully saturated rings. The maximum Gasteiger partial charge on any atom is 0.416 e. The lowest BCUT2D eigenvalue weighted by Gasteiger charge is -2.12. The molecule has 0 aliphatic heterocycles. The molecule has 0 radical (unpaired) electrons. The van der Waals surface area contributed by atoms with Gasteiger partial charge in [0.25, 0.3) is 0 Å². The van der Waals surface area contributed by atoms with Gasteiger partial charge in [-0.15, -0.1) is 5.10 Å². The third-order valence-corrected chi connectivity index (χ3v) is 5.07. The summed E-state index contributed by atoms with van der Waals surface area (Å²) in [5.74, 6) is -0.930. The maximum absolute atomic E-state index is 13.8. The number of nitrogens with zero attached hydrogens (tertiary/aromatic N) is 3. The number of Topliss-reactive ketones (excluding diaryl/α,β-unsaturated/α-hetero) is 1. The van der Waals surface area contributed by atoms with Gasteiger partial charge in [0.2, 0.25) is 4.73 Å². The first-order valence-corrected chi connectivity index (χ1v) is 9.69. The fraction of sp³-hybridized carbons (Fsp3) is 0.250. The van der Waals surface area contributed by atoms with Gasteiger partial charge in [0, 0.05) is 12.0 Å². The molecule has 1 heterocycles. The van der Waals surface area contributed by atoms with E-state index in [0.29, 0.717) is 0 Å². The zero-order valence-electron chi connectivity index (χ0n) is 15.5. The predicted molar refractivity (Wildman–Crippen MR) is 104 cm³/mol. The molecule has 30 heavy (non-hydrogen) atoms. The fourth-order valence-corrected chi connectivity index (χ4v) is 3.45. The molecule has 1 aromatic heterocycles. The van der Waals surface area contributed by atoms with Gasteiger partial charge in [-0.1, -0.05) is 36.4 Å². The van der Waals surface area contributed by atoms with E-state index in [1.54, 1.807) is 6.07 Å². The van der Waals surface area contributed by atoms with Gasteiger partial charge >= 0.3 is 11.9 Å². The molecule has 0 aliphatic rings. The third-order valence-electron chi connectivity index (χ3n) is 4.49. The molecule has 2 aromatic carbocycles. The van der Waals surface area contributed by atoms with Gasteiger partial charge in [0.1, 0.15) is 12.4 Å². The molecule has 0 spiro atoms. The Morgan fingerprint density at radius 2 is 1.67 bits per heavy atom. The van der Waals surface area contributed by atoms with Crippen molar-refractivity contribution in [2.75, 3.05) is 0 Å². The molecule has 0 N–H and O–H groups in total. The molecule has 0 saturated carbocycles. The summed E-state index contributed by atoms with van der Waals surface area (Å²) in [5, 5.41) is 3.95. The average Bonchev–Trinajstić information content (AvgIpc) is 2.95. The SMILES string of the molecule is O=C(CCc1ccccc1C(F)(F)F)Cn1nc(Br)n(Cc2ccccc2F)c1=O. The van der Waals surface area contributed by atoms with Crippen molar-refractivity contribution in [1.82, 2.24) is 14.3 Å². The lowest BCUT2D eigenvalue weighted by molar-refractivity contribution is -0.138. The quantitative estimate of drug-likeness (QED) is 0.471. The van der Waals surface area contributed by atoms with Crippen LogP contribution in [0.15, 0.2) is 58.1 Å². The van der Waals surface area contributed by atoms with Crippen LogP contribution in [0.1, 0.15) is 23.1 Å². The summed E-state index contributed by atoms with van der Waals surface area (Å²) < 4.78 is 55.2. The van der Waals surface area contributed by atoms with Crippen molar-refractivity contribution in [3.05, 3.63) is 86.3 Å². The van der Waals surface area contributed by atoms with Gasteiger partial charge in [-0.05, 0) is 40.0 Å². The topological polar surface area (TPSA) is 56.9 Å². The van der Waals surface area contributed by atoms with Crippen molar-refractivity contribution in [2.24, 2.45) is 0 Å². The first kappa shape index (κ1) is 21.9. The monoisotopic (exact) mass is 485 g/mol. The van der Waals surface area contributed by atoms with Gasteiger partial charge in [0.05, 0.1) is 12.1 Å². The number of carbonyl (C=O) groups excluding carboxylic acids is 1. The van der Waals surface area contributed by atoms with Gasteiger partial charge in [-0.2, -0.15) is 13.2 Å². The Hall–Kier alpha value is -2.75. The highest BCUT2D eigenvalue weighted by atomic mass is 79.9. The summed E-state index contributed by atoms with van der Waals surface area (Å²) in [5.41, 5.74) is -1.13. The van der Waals surface area contributed by atoms with E-state index in [1.807, 2.05) is 0 Å². The molecule has 158 valence electrons. The highest BCUT2D eigenvalue weighted by Gasteiger charge is 2.32. The maximum atomic E-state index is 13.8. The molecule has 3 rings (SSSR count). The van der Waals surface area contributed by atoms with E-state index in [4.69, 9.17) is 0 Å². The summed E-state index contributed by atoms with van der Waals surface area (Å²) in [4.78, 5) is 24.8. The Morgan fingerprint density at radius 3 is 2.33 bits per heavy atom. The van der Waals surface area contributed by atoms with Gasteiger partial charge < -0.3 is 0 Å². The largest absolute Gasteiger partial charge is 0.416 e. The minimum absolute atomic E-state index is 0.0111. The number of alkyl halides is 3. The van der Waals surface area contributed by atoms with Gasteiger partial charge in [-0.25, -0.2) is 13.9 Å². The molecule has 3 aromatic rings. The fourth-order valence-electron chi connectivity index (χ4n) is 2.98. The first-order chi connectivity index (χ1) is 14.2. The Bertz CT molecular complexity index is 1120. The number of hydrogen-bond acceptors (Lipinski definition) is 3. The second-order valence-corrected chi connectivity index (χ2v) is 7.29. The Kier molecular flexibility index (Phi) is 6.55. The van der Waals surface area contributed by atoms with E-state index in [1.165, 1.54) is 36.4 Å². The van der Waals surface area contributed by atoms with Crippen LogP contribution in [0.25, 0.3) is 0 Å². The lowest BCUT2D eigenvalue weighted by atomic mass is 10.0. The number of rotatable bonds is 7. The summed E-state index contributed by atoms with van der Waals surface area (Å²) in [6, 6.07) is 11.0. The van der Waals surface area contributed by atoms with E-state index in [-0.39, 0.29) is 35.2 Å². The molecular weight excluding hydrogens is 470 g/mol. The summed E-state index contributed by atoms with van der Waals surface area (Å²) in [6.07, 6.45) is -4.80. The van der Waals surface area contributed by atoms with Crippen LogP contribution < -0.4 is 5.69 Å². The minimum atomic E-state index is -4.51. The van der Waals surface area contributed by atoms with Crippen LogP contribution in [0, 0.1) is 5.82 Å². The Balaban J connectivity index is 1.70. The predicted octanol–water partition coefficient (Wildman–Crippen LogP) is 4.22. The summed E-state index contributed by atoms with van der Waals surface area (Å²) in [6.45, 7) is -0.477. The van der Waals surface area contributed by atoms with Crippen LogP contribution in [-0.4, -0.2) is 20.1 Å². The molecule has 0 aliphatic carbocycles. The second kappa shape index (κ2) is 8.95. The van der Waals surface area contributed by atoms with Crippen molar-refractivity contribution in [3.63, 3.8) is 0 Å². The van der Waals surface area contributed by atoms with Crippen molar-refractivity contribution < 1.29 is 22.4 Å². The smallest absolute Gasteiger partial charge is 0.298 e. The van der Waals surface area contributed by atoms with Crippen LogP contribution in [-0.2, 0) is 30.5 Å². The number of ketones is 1. The number of carbonyl (C=O) groups is 1. The molecule has 0 atom stereocenters.